The van der Waals surface area contributed by atoms with Gasteiger partial charge < -0.3 is 0 Å². The highest BCUT2D eigenvalue weighted by atomic mass is 16.6. The van der Waals surface area contributed by atoms with Crippen LogP contribution in [-0.2, 0) is 6.54 Å². The summed E-state index contributed by atoms with van der Waals surface area (Å²) in [6.07, 6.45) is 0. The third-order valence-corrected chi connectivity index (χ3v) is 1.44. The Morgan fingerprint density at radius 2 is 2.00 bits per heavy atom. The molecule has 1 rings (SSSR count). The number of nitrogens with zero attached hydrogens (tertiary/aromatic N) is 2. The minimum absolute atomic E-state index is 0.0998. The minimum Gasteiger partial charge on any atom is -0.296 e. The Bertz CT molecular complexity index is 292. The zero-order valence-corrected chi connectivity index (χ0v) is 6.43. The van der Waals surface area contributed by atoms with Crippen molar-refractivity contribution in [3.8, 4) is 0 Å². The summed E-state index contributed by atoms with van der Waals surface area (Å²) in [5.74, 6) is 0. The zero-order chi connectivity index (χ0) is 8.97. The largest absolute Gasteiger partial charge is 0.296 e. The maximum Gasteiger partial charge on any atom is 0.269 e. The van der Waals surface area contributed by atoms with E-state index < -0.39 is 4.92 Å². The van der Waals surface area contributed by atoms with Crippen molar-refractivity contribution in [1.82, 2.24) is 0 Å². The van der Waals surface area contributed by atoms with E-state index in [0.29, 0.717) is 6.54 Å². The van der Waals surface area contributed by atoms with E-state index in [0.717, 1.165) is 5.56 Å². The molecule has 62 valence electrons. The van der Waals surface area contributed by atoms with Crippen molar-refractivity contribution in [3.63, 3.8) is 0 Å². The Morgan fingerprint density at radius 3 is 2.42 bits per heavy atom. The fraction of sp³-hybridized carbons (Fsp3) is 0.125. The molecule has 0 fully saturated rings. The molecule has 4 nitrogen and oxygen atoms in total. The predicted octanol–water partition coefficient (Wildman–Crippen LogP) is 1.80. The van der Waals surface area contributed by atoms with Crippen LogP contribution in [0.5, 0.6) is 0 Å². The van der Waals surface area contributed by atoms with E-state index >= 15 is 0 Å². The van der Waals surface area contributed by atoms with Gasteiger partial charge in [-0.1, -0.05) is 12.1 Å². The van der Waals surface area contributed by atoms with Gasteiger partial charge >= 0.3 is 0 Å². The SMILES string of the molecule is C=NCc1ccc([N+](=O)[O-])cc1. The lowest BCUT2D eigenvalue weighted by atomic mass is 10.2. The van der Waals surface area contributed by atoms with E-state index in [1.54, 1.807) is 12.1 Å². The molecular formula is C8H8N2O2. The van der Waals surface area contributed by atoms with E-state index in [1.807, 2.05) is 0 Å². The number of nitro groups is 1. The fourth-order valence-corrected chi connectivity index (χ4v) is 0.852. The second-order valence-corrected chi connectivity index (χ2v) is 2.31. The summed E-state index contributed by atoms with van der Waals surface area (Å²) in [5, 5.41) is 10.2. The molecule has 0 bridgehead atoms. The zero-order valence-electron chi connectivity index (χ0n) is 6.43. The first-order valence-electron chi connectivity index (χ1n) is 3.40. The van der Waals surface area contributed by atoms with Crippen molar-refractivity contribution in [3.05, 3.63) is 39.9 Å². The number of hydrogen-bond donors (Lipinski definition) is 0. The van der Waals surface area contributed by atoms with Crippen LogP contribution in [0.1, 0.15) is 5.56 Å². The van der Waals surface area contributed by atoms with E-state index in [2.05, 4.69) is 11.7 Å². The van der Waals surface area contributed by atoms with Crippen LogP contribution in [0, 0.1) is 10.1 Å². The molecule has 0 unspecified atom stereocenters. The molecule has 1 aromatic rings. The maximum atomic E-state index is 10.2. The van der Waals surface area contributed by atoms with E-state index in [1.165, 1.54) is 12.1 Å². The summed E-state index contributed by atoms with van der Waals surface area (Å²) in [6, 6.07) is 6.26. The van der Waals surface area contributed by atoms with Crippen molar-refractivity contribution >= 4 is 12.4 Å². The molecule has 0 heterocycles. The number of aliphatic imine (C=N–C) groups is 1. The third-order valence-electron chi connectivity index (χ3n) is 1.44. The van der Waals surface area contributed by atoms with Crippen LogP contribution >= 0.6 is 0 Å². The van der Waals surface area contributed by atoms with E-state index in [9.17, 15) is 10.1 Å². The quantitative estimate of drug-likeness (QED) is 0.388. The standard InChI is InChI=1S/C8H8N2O2/c1-9-6-7-2-4-8(5-3-7)10(11)12/h2-5H,1,6H2. The Labute approximate surface area is 69.7 Å². The predicted molar refractivity (Wildman–Crippen MR) is 46.3 cm³/mol. The van der Waals surface area contributed by atoms with Crippen molar-refractivity contribution < 1.29 is 4.92 Å². The Kier molecular flexibility index (Phi) is 2.53. The summed E-state index contributed by atoms with van der Waals surface area (Å²) in [4.78, 5) is 13.5. The summed E-state index contributed by atoms with van der Waals surface area (Å²) in [7, 11) is 0. The lowest BCUT2D eigenvalue weighted by Crippen LogP contribution is -1.88. The first-order valence-corrected chi connectivity index (χ1v) is 3.40. The molecule has 0 N–H and O–H groups in total. The van der Waals surface area contributed by atoms with Crippen LogP contribution < -0.4 is 0 Å². The summed E-state index contributed by atoms with van der Waals surface area (Å²) < 4.78 is 0. The molecule has 12 heavy (non-hydrogen) atoms. The van der Waals surface area contributed by atoms with Crippen molar-refractivity contribution in [2.45, 2.75) is 6.54 Å². The Balaban J connectivity index is 2.85. The molecule has 0 aromatic heterocycles. The van der Waals surface area contributed by atoms with Gasteiger partial charge in [-0.15, -0.1) is 0 Å². The number of benzene rings is 1. The lowest BCUT2D eigenvalue weighted by molar-refractivity contribution is -0.384. The van der Waals surface area contributed by atoms with E-state index in [4.69, 9.17) is 0 Å². The van der Waals surface area contributed by atoms with Gasteiger partial charge in [0.2, 0.25) is 0 Å². The molecule has 4 heteroatoms. The first kappa shape index (κ1) is 8.39. The smallest absolute Gasteiger partial charge is 0.269 e. The van der Waals surface area contributed by atoms with Gasteiger partial charge in [-0.3, -0.25) is 15.1 Å². The van der Waals surface area contributed by atoms with Gasteiger partial charge in [0.1, 0.15) is 0 Å². The monoisotopic (exact) mass is 164 g/mol. The second kappa shape index (κ2) is 3.61. The van der Waals surface area contributed by atoms with Crippen molar-refractivity contribution in [2.24, 2.45) is 4.99 Å². The molecule has 1 aromatic carbocycles. The van der Waals surface area contributed by atoms with Crippen LogP contribution in [0.15, 0.2) is 29.3 Å². The van der Waals surface area contributed by atoms with Gasteiger partial charge in [-0.05, 0) is 12.3 Å². The Morgan fingerprint density at radius 1 is 1.42 bits per heavy atom. The van der Waals surface area contributed by atoms with Gasteiger partial charge in [0, 0.05) is 12.1 Å². The summed E-state index contributed by atoms with van der Waals surface area (Å²) >= 11 is 0. The highest BCUT2D eigenvalue weighted by Crippen LogP contribution is 2.11. The van der Waals surface area contributed by atoms with Crippen LogP contribution in [0.2, 0.25) is 0 Å². The highest BCUT2D eigenvalue weighted by Gasteiger charge is 2.02. The third kappa shape index (κ3) is 1.88. The minimum atomic E-state index is -0.425. The first-order chi connectivity index (χ1) is 5.74. The maximum absolute atomic E-state index is 10.2. The summed E-state index contributed by atoms with van der Waals surface area (Å²) in [6.45, 7) is 3.83. The van der Waals surface area contributed by atoms with Gasteiger partial charge in [0.15, 0.2) is 0 Å². The van der Waals surface area contributed by atoms with Gasteiger partial charge in [0.05, 0.1) is 11.5 Å². The highest BCUT2D eigenvalue weighted by molar-refractivity contribution is 5.33. The number of rotatable bonds is 3. The molecule has 0 spiro atoms. The average Bonchev–Trinajstić information content (AvgIpc) is 2.06. The van der Waals surface area contributed by atoms with Gasteiger partial charge in [-0.2, -0.15) is 0 Å². The van der Waals surface area contributed by atoms with Crippen LogP contribution in [0.25, 0.3) is 0 Å². The molecule has 0 aliphatic rings. The number of nitro benzene ring substituents is 1. The van der Waals surface area contributed by atoms with E-state index in [-0.39, 0.29) is 5.69 Å². The van der Waals surface area contributed by atoms with Crippen LogP contribution in [-0.4, -0.2) is 11.6 Å². The number of hydrogen-bond acceptors (Lipinski definition) is 3. The molecule has 0 saturated carbocycles. The van der Waals surface area contributed by atoms with Crippen molar-refractivity contribution in [2.75, 3.05) is 0 Å². The normalized spacial score (nSPS) is 9.33. The molecule has 0 aliphatic heterocycles. The van der Waals surface area contributed by atoms with Gasteiger partial charge in [0.25, 0.3) is 5.69 Å². The topological polar surface area (TPSA) is 55.5 Å². The fourth-order valence-electron chi connectivity index (χ4n) is 0.852. The van der Waals surface area contributed by atoms with Crippen molar-refractivity contribution in [1.29, 1.82) is 0 Å². The second-order valence-electron chi connectivity index (χ2n) is 2.31. The summed E-state index contributed by atoms with van der Waals surface area (Å²) in [5.41, 5.74) is 1.03. The molecule has 0 saturated heterocycles. The Hall–Kier alpha value is -1.71. The van der Waals surface area contributed by atoms with Gasteiger partial charge in [-0.25, -0.2) is 0 Å². The molecule has 0 radical (unpaired) electrons. The molecule has 0 amide bonds. The van der Waals surface area contributed by atoms with Crippen LogP contribution in [0.3, 0.4) is 0 Å². The molecule has 0 aliphatic carbocycles. The van der Waals surface area contributed by atoms with Crippen LogP contribution in [0.4, 0.5) is 5.69 Å². The molecule has 0 atom stereocenters. The molecular weight excluding hydrogens is 156 g/mol. The number of non-ortho nitro benzene ring substituents is 1. The average molecular weight is 164 g/mol. The lowest BCUT2D eigenvalue weighted by Gasteiger charge is -1.94.